The Morgan fingerprint density at radius 3 is 2.71 bits per heavy atom. The van der Waals surface area contributed by atoms with Crippen LogP contribution in [0, 0.1) is 0 Å². The second-order valence-corrected chi connectivity index (χ2v) is 6.39. The van der Waals surface area contributed by atoms with Gasteiger partial charge < -0.3 is 15.4 Å². The molecular formula is C16H27Cl2N3O2S. The Bertz CT molecular complexity index is 446. The van der Waals surface area contributed by atoms with Gasteiger partial charge in [-0.15, -0.1) is 36.6 Å². The molecule has 1 saturated heterocycles. The van der Waals surface area contributed by atoms with Crippen LogP contribution in [0.3, 0.4) is 0 Å². The van der Waals surface area contributed by atoms with E-state index in [1.54, 1.807) is 18.0 Å². The largest absolute Gasteiger partial charge is 0.378 e. The monoisotopic (exact) mass is 395 g/mol. The van der Waals surface area contributed by atoms with Crippen LogP contribution < -0.4 is 5.73 Å². The lowest BCUT2D eigenvalue weighted by molar-refractivity contribution is -0.130. The smallest absolute Gasteiger partial charge is 0.232 e. The fourth-order valence-electron chi connectivity index (χ4n) is 2.42. The summed E-state index contributed by atoms with van der Waals surface area (Å²) in [6.07, 6.45) is 4.84. The second kappa shape index (κ2) is 13.7. The van der Waals surface area contributed by atoms with Gasteiger partial charge in [-0.2, -0.15) is 0 Å². The maximum absolute atomic E-state index is 12.2. The second-order valence-electron chi connectivity index (χ2n) is 5.41. The lowest BCUT2D eigenvalue weighted by Crippen LogP contribution is -2.41. The number of aromatic nitrogens is 1. The molecular weight excluding hydrogens is 369 g/mol. The summed E-state index contributed by atoms with van der Waals surface area (Å²) in [4.78, 5) is 18.4. The highest BCUT2D eigenvalue weighted by molar-refractivity contribution is 7.99. The Morgan fingerprint density at radius 1 is 1.33 bits per heavy atom. The SMILES string of the molecule is Cl.Cl.NCCCOC1CCN(C(=O)CSCc2ccccn2)CC1. The Hall–Kier alpha value is -0.530. The number of nitrogens with zero attached hydrogens (tertiary/aromatic N) is 2. The molecule has 0 unspecified atom stereocenters. The number of rotatable bonds is 8. The van der Waals surface area contributed by atoms with Crippen molar-refractivity contribution in [3.8, 4) is 0 Å². The summed E-state index contributed by atoms with van der Waals surface area (Å²) in [6, 6.07) is 5.86. The molecule has 0 radical (unpaired) electrons. The van der Waals surface area contributed by atoms with Gasteiger partial charge in [-0.1, -0.05) is 6.07 Å². The number of ether oxygens (including phenoxy) is 1. The number of carbonyl (C=O) groups is 1. The molecule has 1 aliphatic rings. The normalized spacial score (nSPS) is 14.6. The van der Waals surface area contributed by atoms with Crippen LogP contribution in [0.2, 0.25) is 0 Å². The summed E-state index contributed by atoms with van der Waals surface area (Å²) >= 11 is 1.63. The number of likely N-dealkylation sites (tertiary alicyclic amines) is 1. The first-order valence-corrected chi connectivity index (χ1v) is 9.02. The van der Waals surface area contributed by atoms with Gasteiger partial charge in [0.2, 0.25) is 5.91 Å². The number of piperidine rings is 1. The Balaban J connectivity index is 0.00000264. The van der Waals surface area contributed by atoms with Crippen LogP contribution in [0.25, 0.3) is 0 Å². The third-order valence-corrected chi connectivity index (χ3v) is 4.65. The molecule has 0 spiro atoms. The van der Waals surface area contributed by atoms with E-state index in [9.17, 15) is 4.79 Å². The fourth-order valence-corrected chi connectivity index (χ4v) is 3.26. The highest BCUT2D eigenvalue weighted by Crippen LogP contribution is 2.16. The van der Waals surface area contributed by atoms with Gasteiger partial charge >= 0.3 is 0 Å². The van der Waals surface area contributed by atoms with Gasteiger partial charge in [0, 0.05) is 31.6 Å². The average Bonchev–Trinajstić information content (AvgIpc) is 2.56. The summed E-state index contributed by atoms with van der Waals surface area (Å²) in [5, 5.41) is 0. The van der Waals surface area contributed by atoms with Crippen molar-refractivity contribution in [2.45, 2.75) is 31.1 Å². The number of pyridine rings is 1. The molecule has 1 aromatic heterocycles. The molecule has 2 heterocycles. The van der Waals surface area contributed by atoms with Gasteiger partial charge in [0.1, 0.15) is 0 Å². The predicted octanol–water partition coefficient (Wildman–Crippen LogP) is 2.51. The Kier molecular flexibility index (Phi) is 13.4. The van der Waals surface area contributed by atoms with Crippen molar-refractivity contribution in [3.63, 3.8) is 0 Å². The molecule has 24 heavy (non-hydrogen) atoms. The van der Waals surface area contributed by atoms with Crippen LogP contribution in [0.15, 0.2) is 24.4 Å². The summed E-state index contributed by atoms with van der Waals surface area (Å²) in [5.74, 6) is 1.53. The first kappa shape index (κ1) is 23.5. The van der Waals surface area contributed by atoms with Crippen molar-refractivity contribution < 1.29 is 9.53 Å². The topological polar surface area (TPSA) is 68.5 Å². The van der Waals surface area contributed by atoms with Crippen LogP contribution in [-0.4, -0.2) is 53.9 Å². The standard InChI is InChI=1S/C16H25N3O2S.2ClH/c17-7-3-11-21-15-5-9-19(10-6-15)16(20)13-22-12-14-4-1-2-8-18-14;;/h1-2,4,8,15H,3,5-7,9-13,17H2;2*1H. The van der Waals surface area contributed by atoms with Gasteiger partial charge in [0.15, 0.2) is 0 Å². The van der Waals surface area contributed by atoms with Crippen molar-refractivity contribution in [2.75, 3.05) is 32.0 Å². The molecule has 0 aliphatic carbocycles. The number of amides is 1. The third kappa shape index (κ3) is 8.53. The van der Waals surface area contributed by atoms with Gasteiger partial charge in [0.05, 0.1) is 17.6 Å². The van der Waals surface area contributed by atoms with E-state index in [0.29, 0.717) is 12.3 Å². The van der Waals surface area contributed by atoms with Crippen molar-refractivity contribution in [1.29, 1.82) is 0 Å². The molecule has 1 fully saturated rings. The molecule has 1 aromatic rings. The number of hydrogen-bond donors (Lipinski definition) is 1. The van der Waals surface area contributed by atoms with Gasteiger partial charge in [0.25, 0.3) is 0 Å². The number of thioether (sulfide) groups is 1. The summed E-state index contributed by atoms with van der Waals surface area (Å²) in [6.45, 7) is 3.01. The van der Waals surface area contributed by atoms with E-state index in [0.717, 1.165) is 50.4 Å². The van der Waals surface area contributed by atoms with Gasteiger partial charge in [-0.25, -0.2) is 0 Å². The number of hydrogen-bond acceptors (Lipinski definition) is 5. The lowest BCUT2D eigenvalue weighted by Gasteiger charge is -2.32. The first-order chi connectivity index (χ1) is 10.8. The third-order valence-electron chi connectivity index (χ3n) is 3.70. The minimum absolute atomic E-state index is 0. The molecule has 0 atom stereocenters. The van der Waals surface area contributed by atoms with Crippen LogP contribution in [0.1, 0.15) is 25.0 Å². The maximum atomic E-state index is 12.2. The maximum Gasteiger partial charge on any atom is 0.232 e. The highest BCUT2D eigenvalue weighted by Gasteiger charge is 2.22. The molecule has 138 valence electrons. The molecule has 0 saturated carbocycles. The van der Waals surface area contributed by atoms with Crippen molar-refractivity contribution in [1.82, 2.24) is 9.88 Å². The zero-order valence-electron chi connectivity index (χ0n) is 13.8. The number of nitrogens with two attached hydrogens (primary N) is 1. The van der Waals surface area contributed by atoms with Crippen LogP contribution in [0.5, 0.6) is 0 Å². The Morgan fingerprint density at radius 2 is 2.08 bits per heavy atom. The van der Waals surface area contributed by atoms with Crippen LogP contribution in [0.4, 0.5) is 0 Å². The summed E-state index contributed by atoms with van der Waals surface area (Å²) in [7, 11) is 0. The summed E-state index contributed by atoms with van der Waals surface area (Å²) < 4.78 is 5.76. The quantitative estimate of drug-likeness (QED) is 0.684. The van der Waals surface area contributed by atoms with Gasteiger partial charge in [-0.05, 0) is 37.9 Å². The lowest BCUT2D eigenvalue weighted by atomic mass is 10.1. The van der Waals surface area contributed by atoms with E-state index in [1.165, 1.54) is 0 Å². The minimum Gasteiger partial charge on any atom is -0.378 e. The number of halogens is 2. The molecule has 1 amide bonds. The molecule has 1 aliphatic heterocycles. The number of carbonyl (C=O) groups excluding carboxylic acids is 1. The zero-order chi connectivity index (χ0) is 15.6. The van der Waals surface area contributed by atoms with E-state index in [-0.39, 0.29) is 36.8 Å². The van der Waals surface area contributed by atoms with Crippen LogP contribution in [-0.2, 0) is 15.3 Å². The predicted molar refractivity (Wildman–Crippen MR) is 104 cm³/mol. The van der Waals surface area contributed by atoms with E-state index in [4.69, 9.17) is 10.5 Å². The summed E-state index contributed by atoms with van der Waals surface area (Å²) in [5.41, 5.74) is 6.48. The van der Waals surface area contributed by atoms with E-state index >= 15 is 0 Å². The van der Waals surface area contributed by atoms with Crippen LogP contribution >= 0.6 is 36.6 Å². The molecule has 2 N–H and O–H groups in total. The Labute approximate surface area is 160 Å². The molecule has 5 nitrogen and oxygen atoms in total. The minimum atomic E-state index is 0. The molecule has 0 aromatic carbocycles. The van der Waals surface area contributed by atoms with E-state index in [1.807, 2.05) is 23.1 Å². The fraction of sp³-hybridized carbons (Fsp3) is 0.625. The average molecular weight is 396 g/mol. The van der Waals surface area contributed by atoms with Crippen molar-refractivity contribution in [2.24, 2.45) is 5.73 Å². The van der Waals surface area contributed by atoms with Crippen molar-refractivity contribution >= 4 is 42.5 Å². The van der Waals surface area contributed by atoms with Gasteiger partial charge in [-0.3, -0.25) is 9.78 Å². The first-order valence-electron chi connectivity index (χ1n) is 7.86. The van der Waals surface area contributed by atoms with Crippen molar-refractivity contribution in [3.05, 3.63) is 30.1 Å². The molecule has 0 bridgehead atoms. The van der Waals surface area contributed by atoms with E-state index < -0.39 is 0 Å². The zero-order valence-corrected chi connectivity index (χ0v) is 16.2. The highest BCUT2D eigenvalue weighted by atomic mass is 35.5. The molecule has 8 heteroatoms. The molecule has 2 rings (SSSR count). The van der Waals surface area contributed by atoms with E-state index in [2.05, 4.69) is 4.98 Å².